The lowest BCUT2D eigenvalue weighted by molar-refractivity contribution is 0.106. The molecule has 120 valence electrons. The molecule has 4 rings (SSSR count). The van der Waals surface area contributed by atoms with E-state index in [0.717, 1.165) is 0 Å². The molecule has 2 heterocycles. The molecule has 1 N–H and O–H groups in total. The smallest absolute Gasteiger partial charge is 0.215 e. The third-order valence-corrected chi connectivity index (χ3v) is 6.38. The summed E-state index contributed by atoms with van der Waals surface area (Å²) in [7, 11) is 0. The Balaban J connectivity index is 2.04. The van der Waals surface area contributed by atoms with E-state index in [2.05, 4.69) is 37.1 Å². The van der Waals surface area contributed by atoms with Gasteiger partial charge in [0, 0.05) is 5.56 Å². The minimum absolute atomic E-state index is 0.104. The average molecular weight is 489 g/mol. The third-order valence-electron chi connectivity index (χ3n) is 3.83. The maximum absolute atomic E-state index is 12.7. The first-order valence-corrected chi connectivity index (χ1v) is 8.97. The number of aliphatic imine (C=N–C) groups is 1. The van der Waals surface area contributed by atoms with E-state index in [1.807, 2.05) is 0 Å². The zero-order valence-electron chi connectivity index (χ0n) is 11.6. The summed E-state index contributed by atoms with van der Waals surface area (Å²) in [6.45, 7) is 0. The second-order valence-electron chi connectivity index (χ2n) is 5.17. The average Bonchev–Trinajstić information content (AvgIpc) is 3.01. The number of benzene rings is 2. The van der Waals surface area contributed by atoms with Crippen molar-refractivity contribution >= 4 is 83.4 Å². The van der Waals surface area contributed by atoms with Crippen LogP contribution in [0.15, 0.2) is 39.8 Å². The van der Waals surface area contributed by atoms with Crippen LogP contribution in [0.5, 0.6) is 5.75 Å². The van der Waals surface area contributed by atoms with Gasteiger partial charge in [0.05, 0.1) is 47.3 Å². The fourth-order valence-corrected chi connectivity index (χ4v) is 4.40. The van der Waals surface area contributed by atoms with Gasteiger partial charge in [-0.2, -0.15) is 0 Å². The summed E-state index contributed by atoms with van der Waals surface area (Å²) < 4.78 is 1.96. The van der Waals surface area contributed by atoms with Gasteiger partial charge in [0.2, 0.25) is 5.78 Å². The van der Waals surface area contributed by atoms with Gasteiger partial charge in [-0.05, 0) is 34.1 Å². The number of hydrogen-bond acceptors (Lipinski definition) is 3. The van der Waals surface area contributed by atoms with E-state index in [-0.39, 0.29) is 28.0 Å². The van der Waals surface area contributed by atoms with Crippen molar-refractivity contribution in [3.05, 3.63) is 56.1 Å². The lowest BCUT2D eigenvalue weighted by atomic mass is 10.1. The second-order valence-corrected chi connectivity index (χ2v) is 7.45. The van der Waals surface area contributed by atoms with E-state index in [1.165, 1.54) is 3.59 Å². The molecule has 24 heavy (non-hydrogen) atoms. The summed E-state index contributed by atoms with van der Waals surface area (Å²) in [4.78, 5) is 17.0. The summed E-state index contributed by atoms with van der Waals surface area (Å²) in [5.41, 5.74) is 2.05. The van der Waals surface area contributed by atoms with E-state index < -0.39 is 0 Å². The van der Waals surface area contributed by atoms with Crippen LogP contribution in [0.1, 0.15) is 16.1 Å². The molecule has 0 aliphatic carbocycles. The minimum atomic E-state index is -0.252. The largest absolute Gasteiger partial charge is 0.505 e. The van der Waals surface area contributed by atoms with Crippen LogP contribution in [-0.4, -0.2) is 20.2 Å². The van der Waals surface area contributed by atoms with Gasteiger partial charge in [0.25, 0.3) is 0 Å². The number of carbonyl (C=O) groups excluding carboxylic acids is 1. The van der Waals surface area contributed by atoms with Crippen molar-refractivity contribution in [3.8, 4) is 5.75 Å². The molecular formula is C16H6Br2Cl2N2O2. The maximum Gasteiger partial charge on any atom is 0.215 e. The summed E-state index contributed by atoms with van der Waals surface area (Å²) in [6, 6.07) is 8.64. The molecule has 0 unspecified atom stereocenters. The number of carbonyl (C=O) groups is 1. The Morgan fingerprint density at radius 2 is 1.92 bits per heavy atom. The molecule has 3 aromatic rings. The number of ketones is 1. The number of nitrogens with zero attached hydrogens (tertiary/aromatic N) is 2. The van der Waals surface area contributed by atoms with Gasteiger partial charge in [-0.15, -0.1) is 0 Å². The number of aromatic hydroxyl groups is 1. The Morgan fingerprint density at radius 3 is 2.62 bits per heavy atom. The molecule has 0 spiro atoms. The highest BCUT2D eigenvalue weighted by Crippen LogP contribution is 2.45. The summed E-state index contributed by atoms with van der Waals surface area (Å²) >= 11 is 19.0. The molecule has 0 radical (unpaired) electrons. The molecule has 0 fully saturated rings. The van der Waals surface area contributed by atoms with Crippen LogP contribution in [-0.2, 0) is 0 Å². The van der Waals surface area contributed by atoms with Crippen LogP contribution < -0.4 is 0 Å². The highest BCUT2D eigenvalue weighted by Gasteiger charge is 2.32. The number of Topliss-reactive ketones (excluding diaryl/α,β-unsaturated/α-hetero) is 1. The lowest BCUT2D eigenvalue weighted by Gasteiger charge is -2.02. The lowest BCUT2D eigenvalue weighted by Crippen LogP contribution is -2.13. The Labute approximate surface area is 163 Å². The molecule has 1 aliphatic heterocycles. The summed E-state index contributed by atoms with van der Waals surface area (Å²) in [5.74, 6) is -0.357. The fraction of sp³-hybridized carbons (Fsp3) is 0. The van der Waals surface area contributed by atoms with Crippen molar-refractivity contribution in [2.24, 2.45) is 4.99 Å². The van der Waals surface area contributed by atoms with Crippen LogP contribution in [0.3, 0.4) is 0 Å². The van der Waals surface area contributed by atoms with Crippen LogP contribution in [0.25, 0.3) is 10.9 Å². The summed E-state index contributed by atoms with van der Waals surface area (Å²) in [5, 5.41) is 11.8. The monoisotopic (exact) mass is 486 g/mol. The van der Waals surface area contributed by atoms with Gasteiger partial charge < -0.3 is 5.11 Å². The number of halogens is 4. The van der Waals surface area contributed by atoms with Crippen LogP contribution in [0.2, 0.25) is 10.0 Å². The van der Waals surface area contributed by atoms with E-state index in [9.17, 15) is 9.90 Å². The van der Waals surface area contributed by atoms with Crippen LogP contribution >= 0.6 is 55.3 Å². The standard InChI is InChI=1S/C16H6Br2Cl2N2O2/c17-11-10-9(5-7(19)12(11)20)22(18)14(16(10)24)13-15(23)6-3-1-2-4-8(6)21-13/h1-5,24H. The second kappa shape index (κ2) is 5.59. The predicted octanol–water partition coefficient (Wildman–Crippen LogP) is 5.89. The SMILES string of the molecule is O=C1C(c2c(O)c3c(Br)c(Cl)c(Cl)cc3n2Br)=Nc2ccccc21. The molecule has 1 aliphatic rings. The van der Waals surface area contributed by atoms with Gasteiger partial charge in [-0.25, -0.2) is 4.99 Å². The molecular weight excluding hydrogens is 483 g/mol. The molecule has 0 amide bonds. The number of hydrogen-bond donors (Lipinski definition) is 1. The molecule has 0 atom stereocenters. The highest BCUT2D eigenvalue weighted by atomic mass is 79.9. The van der Waals surface area contributed by atoms with Gasteiger partial charge in [0.1, 0.15) is 11.4 Å². The first kappa shape index (κ1) is 16.1. The molecule has 0 bridgehead atoms. The van der Waals surface area contributed by atoms with E-state index in [4.69, 9.17) is 23.2 Å². The molecule has 8 heteroatoms. The van der Waals surface area contributed by atoms with E-state index >= 15 is 0 Å². The summed E-state index contributed by atoms with van der Waals surface area (Å²) in [6.07, 6.45) is 0. The first-order chi connectivity index (χ1) is 11.4. The van der Waals surface area contributed by atoms with Crippen molar-refractivity contribution in [3.63, 3.8) is 0 Å². The molecule has 0 saturated carbocycles. The highest BCUT2D eigenvalue weighted by molar-refractivity contribution is 9.10. The van der Waals surface area contributed by atoms with Crippen molar-refractivity contribution in [1.82, 2.24) is 3.59 Å². The quantitative estimate of drug-likeness (QED) is 0.434. The van der Waals surface area contributed by atoms with Crippen molar-refractivity contribution in [2.75, 3.05) is 0 Å². The molecule has 0 saturated heterocycles. The van der Waals surface area contributed by atoms with Gasteiger partial charge in [-0.3, -0.25) is 8.39 Å². The Bertz CT molecular complexity index is 1090. The Kier molecular flexibility index (Phi) is 3.76. The number of fused-ring (bicyclic) bond motifs is 2. The van der Waals surface area contributed by atoms with Crippen molar-refractivity contribution in [2.45, 2.75) is 0 Å². The van der Waals surface area contributed by atoms with Gasteiger partial charge >= 0.3 is 0 Å². The Morgan fingerprint density at radius 1 is 1.21 bits per heavy atom. The number of aromatic nitrogens is 1. The Hall–Kier alpha value is -1.34. The molecule has 2 aromatic carbocycles. The third kappa shape index (κ3) is 2.10. The first-order valence-electron chi connectivity index (χ1n) is 6.71. The minimum Gasteiger partial charge on any atom is -0.505 e. The molecule has 4 nitrogen and oxygen atoms in total. The number of rotatable bonds is 1. The van der Waals surface area contributed by atoms with E-state index in [1.54, 1.807) is 30.3 Å². The van der Waals surface area contributed by atoms with Crippen molar-refractivity contribution in [1.29, 1.82) is 0 Å². The topological polar surface area (TPSA) is 54.6 Å². The number of para-hydroxylation sites is 1. The van der Waals surface area contributed by atoms with Crippen LogP contribution in [0.4, 0.5) is 5.69 Å². The fourth-order valence-electron chi connectivity index (χ4n) is 2.72. The van der Waals surface area contributed by atoms with Gasteiger partial charge in [0.15, 0.2) is 5.75 Å². The maximum atomic E-state index is 12.7. The normalized spacial score (nSPS) is 13.5. The van der Waals surface area contributed by atoms with Crippen molar-refractivity contribution < 1.29 is 9.90 Å². The van der Waals surface area contributed by atoms with Crippen LogP contribution in [0, 0.1) is 0 Å². The zero-order valence-corrected chi connectivity index (χ0v) is 16.3. The molecule has 1 aromatic heterocycles. The van der Waals surface area contributed by atoms with E-state index in [0.29, 0.717) is 31.6 Å². The predicted molar refractivity (Wildman–Crippen MR) is 103 cm³/mol. The van der Waals surface area contributed by atoms with Gasteiger partial charge in [-0.1, -0.05) is 35.3 Å². The zero-order chi connectivity index (χ0) is 17.2.